The second-order valence-electron chi connectivity index (χ2n) is 6.96. The molecule has 1 atom stereocenters. The molecule has 162 valence electrons. The number of nitro groups is 1. The molecule has 0 aliphatic carbocycles. The van der Waals surface area contributed by atoms with E-state index >= 15 is 0 Å². The Kier molecular flexibility index (Phi) is 7.07. The Hall–Kier alpha value is -4.33. The van der Waals surface area contributed by atoms with Crippen LogP contribution in [0.2, 0.25) is 0 Å². The molecule has 32 heavy (non-hydrogen) atoms. The summed E-state index contributed by atoms with van der Waals surface area (Å²) in [5.41, 5.74) is 1.95. The molecule has 1 unspecified atom stereocenters. The third-order valence-corrected chi connectivity index (χ3v) is 4.68. The number of nitrogens with zero attached hydrogens (tertiary/aromatic N) is 1. The Bertz CT molecular complexity index is 1160. The van der Waals surface area contributed by atoms with Crippen molar-refractivity contribution in [1.82, 2.24) is 5.32 Å². The number of benzene rings is 3. The van der Waals surface area contributed by atoms with E-state index in [-0.39, 0.29) is 17.6 Å². The Morgan fingerprint density at radius 1 is 1.00 bits per heavy atom. The molecule has 2 N–H and O–H groups in total. The first kappa shape index (κ1) is 22.4. The summed E-state index contributed by atoms with van der Waals surface area (Å²) in [5, 5.41) is 16.6. The van der Waals surface area contributed by atoms with Crippen molar-refractivity contribution in [2.75, 3.05) is 5.32 Å². The molecule has 0 spiro atoms. The molecule has 0 bridgehead atoms. The summed E-state index contributed by atoms with van der Waals surface area (Å²) in [5.74, 6) is -1.18. The molecular formula is C24H20FN3O4. The number of anilines is 1. The minimum Gasteiger partial charge on any atom is -0.346 e. The molecule has 3 aromatic carbocycles. The first-order valence-electron chi connectivity index (χ1n) is 9.72. The minimum absolute atomic E-state index is 0.0807. The highest BCUT2D eigenvalue weighted by Crippen LogP contribution is 2.20. The summed E-state index contributed by atoms with van der Waals surface area (Å²) in [4.78, 5) is 35.0. The molecule has 8 heteroatoms. The van der Waals surface area contributed by atoms with Crippen LogP contribution in [0.1, 0.15) is 34.5 Å². The van der Waals surface area contributed by atoms with Crippen LogP contribution in [0.4, 0.5) is 15.8 Å². The fraction of sp³-hybridized carbons (Fsp3) is 0.0833. The van der Waals surface area contributed by atoms with Crippen molar-refractivity contribution >= 4 is 29.3 Å². The molecule has 7 nitrogen and oxygen atoms in total. The van der Waals surface area contributed by atoms with Crippen LogP contribution in [0, 0.1) is 15.9 Å². The van der Waals surface area contributed by atoms with Gasteiger partial charge in [0.05, 0.1) is 16.5 Å². The van der Waals surface area contributed by atoms with Gasteiger partial charge in [-0.1, -0.05) is 24.3 Å². The third-order valence-electron chi connectivity index (χ3n) is 4.68. The summed E-state index contributed by atoms with van der Waals surface area (Å²) in [6.07, 6.45) is 2.64. The van der Waals surface area contributed by atoms with Gasteiger partial charge in [-0.2, -0.15) is 0 Å². The van der Waals surface area contributed by atoms with Crippen molar-refractivity contribution in [3.05, 3.63) is 111 Å². The van der Waals surface area contributed by atoms with Gasteiger partial charge < -0.3 is 10.6 Å². The van der Waals surface area contributed by atoms with Gasteiger partial charge in [-0.05, 0) is 61.0 Å². The van der Waals surface area contributed by atoms with E-state index in [1.54, 1.807) is 49.4 Å². The largest absolute Gasteiger partial charge is 0.346 e. The molecule has 2 amide bonds. The normalized spacial score (nSPS) is 11.7. The van der Waals surface area contributed by atoms with Gasteiger partial charge in [0.15, 0.2) is 0 Å². The van der Waals surface area contributed by atoms with Crippen molar-refractivity contribution in [2.24, 2.45) is 0 Å². The Balaban J connectivity index is 1.59. The van der Waals surface area contributed by atoms with Gasteiger partial charge in [-0.25, -0.2) is 4.39 Å². The van der Waals surface area contributed by atoms with Crippen molar-refractivity contribution in [2.45, 2.75) is 13.0 Å². The number of halogens is 1. The lowest BCUT2D eigenvalue weighted by Gasteiger charge is -2.14. The zero-order chi connectivity index (χ0) is 23.1. The first-order chi connectivity index (χ1) is 15.3. The van der Waals surface area contributed by atoms with Gasteiger partial charge >= 0.3 is 0 Å². The number of para-hydroxylation sites is 1. The van der Waals surface area contributed by atoms with Crippen molar-refractivity contribution in [1.29, 1.82) is 0 Å². The van der Waals surface area contributed by atoms with Crippen LogP contribution in [0.5, 0.6) is 0 Å². The second kappa shape index (κ2) is 10.1. The topological polar surface area (TPSA) is 101 Å². The minimum atomic E-state index is -0.503. The Morgan fingerprint density at radius 3 is 2.31 bits per heavy atom. The van der Waals surface area contributed by atoms with E-state index in [4.69, 9.17) is 0 Å². The van der Waals surface area contributed by atoms with Crippen LogP contribution in [-0.4, -0.2) is 16.7 Å². The molecule has 0 aliphatic heterocycles. The number of nitrogens with one attached hydrogen (secondary N) is 2. The number of carbonyl (C=O) groups is 2. The number of amides is 2. The van der Waals surface area contributed by atoms with Gasteiger partial charge in [0, 0.05) is 23.4 Å². The molecule has 0 radical (unpaired) electrons. The quantitative estimate of drug-likeness (QED) is 0.315. The molecule has 0 aliphatic rings. The van der Waals surface area contributed by atoms with E-state index < -0.39 is 16.6 Å². The zero-order valence-corrected chi connectivity index (χ0v) is 17.1. The third kappa shape index (κ3) is 5.85. The predicted octanol–water partition coefficient (Wildman–Crippen LogP) is 4.88. The van der Waals surface area contributed by atoms with Crippen LogP contribution in [-0.2, 0) is 4.79 Å². The highest BCUT2D eigenvalue weighted by molar-refractivity contribution is 6.04. The van der Waals surface area contributed by atoms with Crippen LogP contribution in [0.3, 0.4) is 0 Å². The van der Waals surface area contributed by atoms with Gasteiger partial charge in [-0.3, -0.25) is 19.7 Å². The van der Waals surface area contributed by atoms with Gasteiger partial charge in [-0.15, -0.1) is 0 Å². The Morgan fingerprint density at radius 2 is 1.66 bits per heavy atom. The maximum Gasteiger partial charge on any atom is 0.276 e. The van der Waals surface area contributed by atoms with E-state index in [0.717, 1.165) is 5.56 Å². The predicted molar refractivity (Wildman–Crippen MR) is 119 cm³/mol. The SMILES string of the molecule is CC(NC(=O)/C=C/c1ccccc1[N+](=O)[O-])c1ccc(NC(=O)c2ccc(F)cc2)cc1. The van der Waals surface area contributed by atoms with E-state index in [1.807, 2.05) is 0 Å². The summed E-state index contributed by atoms with van der Waals surface area (Å²) >= 11 is 0. The molecule has 0 saturated heterocycles. The Labute approximate surface area is 183 Å². The van der Waals surface area contributed by atoms with Crippen molar-refractivity contribution in [3.8, 4) is 0 Å². The molecule has 0 fully saturated rings. The fourth-order valence-electron chi connectivity index (χ4n) is 2.96. The second-order valence-corrected chi connectivity index (χ2v) is 6.96. The van der Waals surface area contributed by atoms with Crippen LogP contribution >= 0.6 is 0 Å². The fourth-order valence-corrected chi connectivity index (χ4v) is 2.96. The monoisotopic (exact) mass is 433 g/mol. The number of rotatable bonds is 7. The molecule has 3 aromatic rings. The molecule has 0 aromatic heterocycles. The van der Waals surface area contributed by atoms with Crippen molar-refractivity contribution < 1.29 is 18.9 Å². The number of nitro benzene ring substituents is 1. The lowest BCUT2D eigenvalue weighted by atomic mass is 10.1. The van der Waals surface area contributed by atoms with Crippen molar-refractivity contribution in [3.63, 3.8) is 0 Å². The van der Waals surface area contributed by atoms with Gasteiger partial charge in [0.1, 0.15) is 5.82 Å². The molecule has 0 heterocycles. The van der Waals surface area contributed by atoms with Gasteiger partial charge in [0.2, 0.25) is 5.91 Å². The van der Waals surface area contributed by atoms with E-state index in [9.17, 15) is 24.1 Å². The smallest absolute Gasteiger partial charge is 0.276 e. The lowest BCUT2D eigenvalue weighted by Crippen LogP contribution is -2.24. The molecular weight excluding hydrogens is 413 g/mol. The average molecular weight is 433 g/mol. The highest BCUT2D eigenvalue weighted by Gasteiger charge is 2.12. The summed E-state index contributed by atoms with van der Waals surface area (Å²) in [6, 6.07) is 18.0. The number of hydrogen-bond acceptors (Lipinski definition) is 4. The average Bonchev–Trinajstić information content (AvgIpc) is 2.78. The van der Waals surface area contributed by atoms with E-state index in [0.29, 0.717) is 16.8 Å². The number of carbonyl (C=O) groups excluding carboxylic acids is 2. The molecule has 3 rings (SSSR count). The summed E-state index contributed by atoms with van der Waals surface area (Å²) in [7, 11) is 0. The lowest BCUT2D eigenvalue weighted by molar-refractivity contribution is -0.385. The van der Waals surface area contributed by atoms with Crippen LogP contribution in [0.15, 0.2) is 78.9 Å². The maximum atomic E-state index is 13.0. The standard InChI is InChI=1S/C24H20FN3O4/c1-16(26-23(29)15-10-18-4-2-3-5-22(18)28(31)32)17-8-13-21(14-9-17)27-24(30)19-6-11-20(25)12-7-19/h2-16H,1H3,(H,26,29)(H,27,30)/b15-10+. The molecule has 0 saturated carbocycles. The van der Waals surface area contributed by atoms with Crippen LogP contribution < -0.4 is 10.6 Å². The highest BCUT2D eigenvalue weighted by atomic mass is 19.1. The number of hydrogen-bond donors (Lipinski definition) is 2. The van der Waals surface area contributed by atoms with Crippen LogP contribution in [0.25, 0.3) is 6.08 Å². The van der Waals surface area contributed by atoms with E-state index in [2.05, 4.69) is 10.6 Å². The summed E-state index contributed by atoms with van der Waals surface area (Å²) in [6.45, 7) is 1.79. The zero-order valence-electron chi connectivity index (χ0n) is 17.1. The summed E-state index contributed by atoms with van der Waals surface area (Å²) < 4.78 is 13.0. The first-order valence-corrected chi connectivity index (χ1v) is 9.72. The van der Waals surface area contributed by atoms with Gasteiger partial charge in [0.25, 0.3) is 11.6 Å². The maximum absolute atomic E-state index is 13.0. The van der Waals surface area contributed by atoms with E-state index in [1.165, 1.54) is 42.5 Å².